The molecule has 9 nitrogen and oxygen atoms in total. The molecule has 0 radical (unpaired) electrons. The zero-order valence-electron chi connectivity index (χ0n) is 19.5. The molecule has 3 N–H and O–H groups in total. The van der Waals surface area contributed by atoms with E-state index in [2.05, 4.69) is 29.9 Å². The number of fused-ring (bicyclic) bond motifs is 2. The monoisotopic (exact) mass is 513 g/mol. The molecule has 0 saturated carbocycles. The van der Waals surface area contributed by atoms with Crippen molar-refractivity contribution in [3.05, 3.63) is 84.4 Å². The molecule has 0 aliphatic heterocycles. The minimum atomic E-state index is -3.42. The van der Waals surface area contributed by atoms with E-state index in [-0.39, 0.29) is 6.54 Å². The number of nitrogens with one attached hydrogen (secondary N) is 3. The average molecular weight is 514 g/mol. The lowest BCUT2D eigenvalue weighted by atomic mass is 10.0. The van der Waals surface area contributed by atoms with Crippen LogP contribution in [-0.2, 0) is 16.6 Å². The molecular weight excluding hydrogens is 493 g/mol. The Kier molecular flexibility index (Phi) is 5.50. The van der Waals surface area contributed by atoms with Gasteiger partial charge < -0.3 is 4.98 Å². The average Bonchev–Trinajstić information content (AvgIpc) is 3.51. The molecule has 6 rings (SSSR count). The molecule has 184 valence electrons. The molecule has 0 fully saturated rings. The topological polar surface area (TPSA) is 129 Å². The normalized spacial score (nSPS) is 11.9. The number of hydrogen-bond donors (Lipinski definition) is 3. The number of halogens is 1. The van der Waals surface area contributed by atoms with Crippen LogP contribution in [0.25, 0.3) is 56.0 Å². The Hall–Kier alpha value is -4.48. The summed E-state index contributed by atoms with van der Waals surface area (Å²) in [7, 11) is -3.42. The van der Waals surface area contributed by atoms with Gasteiger partial charge in [0.15, 0.2) is 11.5 Å². The minimum Gasteiger partial charge on any atom is -0.321 e. The SMILES string of the molecule is CS(=O)(=O)NCc1cc(F)cc(-c2ccnc3[nH]c(-c4n[nH]c5ccc(-c6ccccn6)cc45)nc23)c1. The molecule has 37 heavy (non-hydrogen) atoms. The van der Waals surface area contributed by atoms with Gasteiger partial charge in [0.2, 0.25) is 10.0 Å². The van der Waals surface area contributed by atoms with Crippen molar-refractivity contribution < 1.29 is 12.8 Å². The van der Waals surface area contributed by atoms with Gasteiger partial charge in [-0.1, -0.05) is 12.1 Å². The van der Waals surface area contributed by atoms with Gasteiger partial charge in [0.25, 0.3) is 0 Å². The summed E-state index contributed by atoms with van der Waals surface area (Å²) < 4.78 is 39.8. The summed E-state index contributed by atoms with van der Waals surface area (Å²) in [6.07, 6.45) is 4.42. The van der Waals surface area contributed by atoms with Crippen molar-refractivity contribution in [3.63, 3.8) is 0 Å². The second kappa shape index (κ2) is 8.87. The number of nitrogens with zero attached hydrogens (tertiary/aromatic N) is 4. The summed E-state index contributed by atoms with van der Waals surface area (Å²) in [5.41, 5.74) is 6.01. The van der Waals surface area contributed by atoms with Crippen LogP contribution in [0.1, 0.15) is 5.56 Å². The fraction of sp³-hybridized carbons (Fsp3) is 0.0769. The highest BCUT2D eigenvalue weighted by Crippen LogP contribution is 2.32. The third-order valence-corrected chi connectivity index (χ3v) is 6.61. The molecule has 4 heterocycles. The Morgan fingerprint density at radius 2 is 1.86 bits per heavy atom. The van der Waals surface area contributed by atoms with Gasteiger partial charge in [-0.3, -0.25) is 10.1 Å². The zero-order chi connectivity index (χ0) is 25.6. The molecule has 11 heteroatoms. The first kappa shape index (κ1) is 23.0. The Bertz CT molecular complexity index is 1880. The molecule has 0 aliphatic carbocycles. The van der Waals surface area contributed by atoms with Gasteiger partial charge >= 0.3 is 0 Å². The number of sulfonamides is 1. The van der Waals surface area contributed by atoms with Crippen LogP contribution < -0.4 is 4.72 Å². The Morgan fingerprint density at radius 1 is 0.973 bits per heavy atom. The standard InChI is InChI=1S/C26H20FN7O2S/c1-37(35,36)30-14-15-10-17(12-18(27)11-15)19-7-9-29-25-23(19)31-26(32-25)24-20-13-16(5-6-22(20)33-34-24)21-4-2-3-8-28-21/h2-13,30H,14H2,1H3,(H,33,34)(H,29,31,32). The van der Waals surface area contributed by atoms with E-state index in [0.717, 1.165) is 28.4 Å². The van der Waals surface area contributed by atoms with Crippen LogP contribution >= 0.6 is 0 Å². The van der Waals surface area contributed by atoms with Crippen LogP contribution in [-0.4, -0.2) is 44.8 Å². The maximum atomic E-state index is 14.5. The van der Waals surface area contributed by atoms with Gasteiger partial charge in [-0.15, -0.1) is 0 Å². The first-order valence-electron chi connectivity index (χ1n) is 11.3. The lowest BCUT2D eigenvalue weighted by Gasteiger charge is -2.07. The van der Waals surface area contributed by atoms with Crippen molar-refractivity contribution >= 4 is 32.1 Å². The summed E-state index contributed by atoms with van der Waals surface area (Å²) >= 11 is 0. The van der Waals surface area contributed by atoms with Gasteiger partial charge in [0, 0.05) is 35.5 Å². The number of imidazole rings is 1. The molecule has 0 saturated heterocycles. The number of aromatic amines is 2. The lowest BCUT2D eigenvalue weighted by molar-refractivity contribution is 0.586. The third kappa shape index (κ3) is 4.57. The van der Waals surface area contributed by atoms with Crippen LogP contribution in [0.2, 0.25) is 0 Å². The molecule has 0 aliphatic rings. The maximum absolute atomic E-state index is 14.5. The van der Waals surface area contributed by atoms with E-state index < -0.39 is 15.8 Å². The highest BCUT2D eigenvalue weighted by atomic mass is 32.2. The van der Waals surface area contributed by atoms with Gasteiger partial charge in [-0.05, 0) is 59.7 Å². The van der Waals surface area contributed by atoms with E-state index in [1.807, 2.05) is 36.4 Å². The van der Waals surface area contributed by atoms with E-state index in [9.17, 15) is 12.8 Å². The quantitative estimate of drug-likeness (QED) is 0.302. The van der Waals surface area contributed by atoms with Crippen molar-refractivity contribution in [2.75, 3.05) is 6.26 Å². The number of hydrogen-bond acceptors (Lipinski definition) is 6. The maximum Gasteiger partial charge on any atom is 0.209 e. The molecule has 6 aromatic rings. The van der Waals surface area contributed by atoms with Crippen molar-refractivity contribution in [1.82, 2.24) is 34.9 Å². The number of rotatable bonds is 6. The van der Waals surface area contributed by atoms with Crippen LogP contribution in [0.5, 0.6) is 0 Å². The predicted molar refractivity (Wildman–Crippen MR) is 139 cm³/mol. The third-order valence-electron chi connectivity index (χ3n) is 5.94. The highest BCUT2D eigenvalue weighted by Gasteiger charge is 2.17. The molecule has 0 spiro atoms. The van der Waals surface area contributed by atoms with Crippen LogP contribution in [0.4, 0.5) is 4.39 Å². The summed E-state index contributed by atoms with van der Waals surface area (Å²) in [6, 6.07) is 17.8. The summed E-state index contributed by atoms with van der Waals surface area (Å²) in [4.78, 5) is 16.8. The van der Waals surface area contributed by atoms with Gasteiger partial charge in [0.1, 0.15) is 17.0 Å². The number of H-pyrrole nitrogens is 2. The van der Waals surface area contributed by atoms with Crippen molar-refractivity contribution in [1.29, 1.82) is 0 Å². The second-order valence-electron chi connectivity index (χ2n) is 8.63. The Morgan fingerprint density at radius 3 is 2.68 bits per heavy atom. The minimum absolute atomic E-state index is 0.0263. The van der Waals surface area contributed by atoms with E-state index in [1.165, 1.54) is 12.1 Å². The number of pyridine rings is 2. The first-order valence-corrected chi connectivity index (χ1v) is 13.2. The molecule has 0 amide bonds. The summed E-state index contributed by atoms with van der Waals surface area (Å²) in [6.45, 7) is -0.0263. The smallest absolute Gasteiger partial charge is 0.209 e. The largest absolute Gasteiger partial charge is 0.321 e. The van der Waals surface area contributed by atoms with E-state index in [0.29, 0.717) is 39.4 Å². The van der Waals surface area contributed by atoms with Crippen LogP contribution in [0.3, 0.4) is 0 Å². The second-order valence-corrected chi connectivity index (χ2v) is 10.5. The molecular formula is C26H20FN7O2S. The van der Waals surface area contributed by atoms with Gasteiger partial charge in [0.05, 0.1) is 17.5 Å². The summed E-state index contributed by atoms with van der Waals surface area (Å²) in [5, 5.41) is 8.39. The molecule has 0 bridgehead atoms. The first-order chi connectivity index (χ1) is 17.8. The lowest BCUT2D eigenvalue weighted by Crippen LogP contribution is -2.21. The van der Waals surface area contributed by atoms with Crippen molar-refractivity contribution in [3.8, 4) is 33.9 Å². The van der Waals surface area contributed by atoms with Crippen molar-refractivity contribution in [2.45, 2.75) is 6.54 Å². The van der Waals surface area contributed by atoms with E-state index in [1.54, 1.807) is 24.5 Å². The summed E-state index contributed by atoms with van der Waals surface area (Å²) in [5.74, 6) is 0.0265. The molecule has 0 unspecified atom stereocenters. The fourth-order valence-corrected chi connectivity index (χ4v) is 4.69. The van der Waals surface area contributed by atoms with Crippen LogP contribution in [0.15, 0.2) is 73.1 Å². The highest BCUT2D eigenvalue weighted by molar-refractivity contribution is 7.88. The molecule has 4 aromatic heterocycles. The predicted octanol–water partition coefficient (Wildman–Crippen LogP) is 4.42. The Balaban J connectivity index is 1.44. The van der Waals surface area contributed by atoms with Gasteiger partial charge in [-0.25, -0.2) is 27.5 Å². The molecule has 2 aromatic carbocycles. The van der Waals surface area contributed by atoms with Crippen molar-refractivity contribution in [2.24, 2.45) is 0 Å². The number of benzene rings is 2. The fourth-order valence-electron chi connectivity index (χ4n) is 4.27. The number of aromatic nitrogens is 6. The van der Waals surface area contributed by atoms with Crippen LogP contribution in [0, 0.1) is 5.82 Å². The van der Waals surface area contributed by atoms with E-state index >= 15 is 0 Å². The van der Waals surface area contributed by atoms with E-state index in [4.69, 9.17) is 4.98 Å². The Labute approximate surface area is 210 Å². The zero-order valence-corrected chi connectivity index (χ0v) is 20.3. The van der Waals surface area contributed by atoms with Gasteiger partial charge in [-0.2, -0.15) is 5.10 Å². The molecule has 0 atom stereocenters.